The van der Waals surface area contributed by atoms with Crippen LogP contribution in [0.5, 0.6) is 0 Å². The van der Waals surface area contributed by atoms with Gasteiger partial charge in [0, 0.05) is 50.9 Å². The van der Waals surface area contributed by atoms with Gasteiger partial charge in [-0.15, -0.1) is 0 Å². The molecule has 0 bridgehead atoms. The summed E-state index contributed by atoms with van der Waals surface area (Å²) in [6.45, 7) is 15.9. The Kier molecular flexibility index (Phi) is 9.86. The summed E-state index contributed by atoms with van der Waals surface area (Å²) >= 11 is 0. The quantitative estimate of drug-likeness (QED) is 0.543. The molecule has 1 aromatic rings. The third-order valence-corrected chi connectivity index (χ3v) is 5.13. The van der Waals surface area contributed by atoms with Crippen molar-refractivity contribution in [2.24, 2.45) is 17.3 Å². The largest absolute Gasteiger partial charge is 0.377 e. The maximum atomic E-state index is 13.2. The van der Waals surface area contributed by atoms with E-state index in [0.717, 1.165) is 36.3 Å². The van der Waals surface area contributed by atoms with Crippen molar-refractivity contribution in [3.05, 3.63) is 23.8 Å². The zero-order chi connectivity index (χ0) is 23.1. The molecule has 0 atom stereocenters. The fourth-order valence-corrected chi connectivity index (χ4v) is 3.69. The normalized spacial score (nSPS) is 11.7. The minimum Gasteiger partial charge on any atom is -0.377 e. The lowest BCUT2D eigenvalue weighted by atomic mass is 9.92. The molecule has 30 heavy (non-hydrogen) atoms. The summed E-state index contributed by atoms with van der Waals surface area (Å²) in [4.78, 5) is 29.7. The van der Waals surface area contributed by atoms with E-state index in [1.54, 1.807) is 0 Å². The fourth-order valence-electron chi connectivity index (χ4n) is 3.69. The first-order valence-corrected chi connectivity index (χ1v) is 11.3. The van der Waals surface area contributed by atoms with Crippen LogP contribution in [0.2, 0.25) is 0 Å². The molecule has 170 valence electrons. The predicted molar refractivity (Wildman–Crippen MR) is 128 cm³/mol. The first kappa shape index (κ1) is 26.0. The van der Waals surface area contributed by atoms with Gasteiger partial charge in [-0.25, -0.2) is 0 Å². The number of hydrogen-bond acceptors (Lipinski definition) is 3. The van der Waals surface area contributed by atoms with Crippen LogP contribution < -0.4 is 10.2 Å². The lowest BCUT2D eigenvalue weighted by Crippen LogP contribution is -2.38. The van der Waals surface area contributed by atoms with Crippen LogP contribution in [0.15, 0.2) is 18.2 Å². The minimum atomic E-state index is -0.0632. The molecule has 0 fully saturated rings. The van der Waals surface area contributed by atoms with E-state index < -0.39 is 0 Å². The highest BCUT2D eigenvalue weighted by atomic mass is 16.2. The first-order chi connectivity index (χ1) is 13.9. The van der Waals surface area contributed by atoms with Crippen LogP contribution in [-0.2, 0) is 16.1 Å². The van der Waals surface area contributed by atoms with Gasteiger partial charge in [0.25, 0.3) is 0 Å². The number of anilines is 2. The predicted octanol–water partition coefficient (Wildman–Crippen LogP) is 5.55. The van der Waals surface area contributed by atoms with E-state index in [9.17, 15) is 9.59 Å². The molecule has 0 aliphatic rings. The van der Waals surface area contributed by atoms with Crippen molar-refractivity contribution < 1.29 is 9.59 Å². The van der Waals surface area contributed by atoms with Crippen LogP contribution in [0.25, 0.3) is 0 Å². The summed E-state index contributed by atoms with van der Waals surface area (Å²) in [6, 6.07) is 5.98. The molecule has 1 rings (SSSR count). The average molecular weight is 418 g/mol. The molecule has 1 N–H and O–H groups in total. The van der Waals surface area contributed by atoms with Gasteiger partial charge in [-0.2, -0.15) is 0 Å². The van der Waals surface area contributed by atoms with Crippen LogP contribution in [0, 0.1) is 17.3 Å². The van der Waals surface area contributed by atoms with Crippen molar-refractivity contribution in [2.75, 3.05) is 30.9 Å². The maximum absolute atomic E-state index is 13.2. The average Bonchev–Trinajstić information content (AvgIpc) is 2.59. The molecule has 0 spiro atoms. The van der Waals surface area contributed by atoms with E-state index in [2.05, 4.69) is 58.7 Å². The van der Waals surface area contributed by atoms with E-state index in [0.29, 0.717) is 18.9 Å². The monoisotopic (exact) mass is 417 g/mol. The van der Waals surface area contributed by atoms with Gasteiger partial charge in [-0.3, -0.25) is 9.59 Å². The lowest BCUT2D eigenvalue weighted by Gasteiger charge is -2.30. The van der Waals surface area contributed by atoms with E-state index >= 15 is 0 Å². The van der Waals surface area contributed by atoms with Crippen LogP contribution >= 0.6 is 0 Å². The Morgan fingerprint density at radius 2 is 1.67 bits per heavy atom. The molecule has 0 unspecified atom stereocenters. The van der Waals surface area contributed by atoms with Gasteiger partial charge < -0.3 is 15.1 Å². The van der Waals surface area contributed by atoms with Crippen LogP contribution in [0.1, 0.15) is 73.3 Å². The SMILES string of the molecule is CCC(CC)C(=O)N(Cc1cc(NC(=O)CC(C)(C)C)ccc1N(C)C)CC(C)C. The molecular weight excluding hydrogens is 374 g/mol. The first-order valence-electron chi connectivity index (χ1n) is 11.3. The molecular formula is C25H43N3O2. The number of hydrogen-bond donors (Lipinski definition) is 1. The van der Waals surface area contributed by atoms with Crippen molar-refractivity contribution in [1.82, 2.24) is 4.90 Å². The van der Waals surface area contributed by atoms with Gasteiger partial charge in [0.15, 0.2) is 0 Å². The molecule has 0 saturated heterocycles. The Bertz CT molecular complexity index is 701. The van der Waals surface area contributed by atoms with Crippen molar-refractivity contribution >= 4 is 23.2 Å². The van der Waals surface area contributed by atoms with Crippen molar-refractivity contribution in [1.29, 1.82) is 0 Å². The number of nitrogens with zero attached hydrogens (tertiary/aromatic N) is 2. The molecule has 1 aromatic carbocycles. The van der Waals surface area contributed by atoms with E-state index in [4.69, 9.17) is 0 Å². The molecule has 5 heteroatoms. The Labute approximate surface area is 184 Å². The number of carbonyl (C=O) groups excluding carboxylic acids is 2. The lowest BCUT2D eigenvalue weighted by molar-refractivity contribution is -0.137. The summed E-state index contributed by atoms with van der Waals surface area (Å²) in [6.07, 6.45) is 2.17. The summed E-state index contributed by atoms with van der Waals surface area (Å²) in [5.74, 6) is 0.681. The number of rotatable bonds is 10. The highest BCUT2D eigenvalue weighted by molar-refractivity contribution is 5.91. The summed E-state index contributed by atoms with van der Waals surface area (Å²) in [5, 5.41) is 3.03. The van der Waals surface area contributed by atoms with E-state index in [1.165, 1.54) is 0 Å². The second kappa shape index (κ2) is 11.4. The second-order valence-corrected chi connectivity index (χ2v) is 10.1. The Morgan fingerprint density at radius 1 is 1.07 bits per heavy atom. The molecule has 0 saturated carbocycles. The topological polar surface area (TPSA) is 52.7 Å². The Morgan fingerprint density at radius 3 is 2.13 bits per heavy atom. The summed E-state index contributed by atoms with van der Waals surface area (Å²) < 4.78 is 0. The number of amides is 2. The van der Waals surface area contributed by atoms with Crippen molar-refractivity contribution in [3.8, 4) is 0 Å². The van der Waals surface area contributed by atoms with E-state index in [-0.39, 0.29) is 23.1 Å². The third-order valence-electron chi connectivity index (χ3n) is 5.13. The summed E-state index contributed by atoms with van der Waals surface area (Å²) in [5.41, 5.74) is 2.83. The molecule has 0 heterocycles. The van der Waals surface area contributed by atoms with Crippen molar-refractivity contribution in [3.63, 3.8) is 0 Å². The molecule has 5 nitrogen and oxygen atoms in total. The minimum absolute atomic E-state index is 0.0122. The highest BCUT2D eigenvalue weighted by Crippen LogP contribution is 2.27. The van der Waals surface area contributed by atoms with Gasteiger partial charge in [0.05, 0.1) is 0 Å². The third kappa shape index (κ3) is 8.37. The molecule has 0 aliphatic heterocycles. The second-order valence-electron chi connectivity index (χ2n) is 10.1. The van der Waals surface area contributed by atoms with Crippen LogP contribution in [0.4, 0.5) is 11.4 Å². The number of nitrogens with one attached hydrogen (secondary N) is 1. The van der Waals surface area contributed by atoms with Crippen molar-refractivity contribution in [2.45, 2.75) is 74.3 Å². The molecule has 0 radical (unpaired) electrons. The van der Waals surface area contributed by atoms with Gasteiger partial charge in [0.2, 0.25) is 11.8 Å². The van der Waals surface area contributed by atoms with E-state index in [1.807, 2.05) is 37.2 Å². The zero-order valence-corrected chi connectivity index (χ0v) is 20.6. The fraction of sp³-hybridized carbons (Fsp3) is 0.680. The Hall–Kier alpha value is -2.04. The smallest absolute Gasteiger partial charge is 0.225 e. The van der Waals surface area contributed by atoms with Crippen LogP contribution in [0.3, 0.4) is 0 Å². The maximum Gasteiger partial charge on any atom is 0.225 e. The van der Waals surface area contributed by atoms with Gasteiger partial charge in [-0.05, 0) is 47.9 Å². The highest BCUT2D eigenvalue weighted by Gasteiger charge is 2.24. The molecule has 2 amide bonds. The Balaban J connectivity index is 3.20. The molecule has 0 aromatic heterocycles. The number of benzene rings is 1. The standard InChI is InChI=1S/C25H43N3O2/c1-10-19(11-2)24(30)28(16-18(3)4)17-20-14-21(12-13-22(20)27(8)9)26-23(29)15-25(5,6)7/h12-14,18-19H,10-11,15-17H2,1-9H3,(H,26,29). The van der Waals surface area contributed by atoms with Gasteiger partial charge in [-0.1, -0.05) is 48.5 Å². The van der Waals surface area contributed by atoms with Crippen LogP contribution in [-0.4, -0.2) is 37.4 Å². The van der Waals surface area contributed by atoms with Gasteiger partial charge in [0.1, 0.15) is 0 Å². The number of carbonyl (C=O) groups is 2. The molecule has 0 aliphatic carbocycles. The zero-order valence-electron chi connectivity index (χ0n) is 20.6. The van der Waals surface area contributed by atoms with Gasteiger partial charge >= 0.3 is 0 Å². The summed E-state index contributed by atoms with van der Waals surface area (Å²) in [7, 11) is 4.01.